The second-order valence-corrected chi connectivity index (χ2v) is 8.99. The fourth-order valence-electron chi connectivity index (χ4n) is 5.49. The molecule has 1 aromatic carbocycles. The van der Waals surface area contributed by atoms with E-state index in [-0.39, 0.29) is 11.7 Å². The quantitative estimate of drug-likeness (QED) is 0.706. The van der Waals surface area contributed by atoms with Crippen molar-refractivity contribution >= 4 is 29.0 Å². The minimum absolute atomic E-state index is 0.0129. The fourth-order valence-corrected chi connectivity index (χ4v) is 5.83. The predicted octanol–water partition coefficient (Wildman–Crippen LogP) is 4.50. The Balaban J connectivity index is 2.23. The molecule has 142 valence electrons. The van der Waals surface area contributed by atoms with Crippen molar-refractivity contribution in [1.82, 2.24) is 0 Å². The monoisotopic (exact) mass is 383 g/mol. The van der Waals surface area contributed by atoms with Crippen molar-refractivity contribution in [2.45, 2.75) is 32.2 Å². The molecule has 4 atom stereocenters. The van der Waals surface area contributed by atoms with Gasteiger partial charge in [0.25, 0.3) is 0 Å². The van der Waals surface area contributed by atoms with E-state index in [1.807, 2.05) is 45.0 Å². The first-order chi connectivity index (χ1) is 12.6. The molecule has 1 aromatic rings. The summed E-state index contributed by atoms with van der Waals surface area (Å²) in [5.41, 5.74) is -0.168. The molecule has 0 spiro atoms. The predicted molar refractivity (Wildman–Crippen MR) is 108 cm³/mol. The first-order valence-electron chi connectivity index (χ1n) is 9.17. The summed E-state index contributed by atoms with van der Waals surface area (Å²) >= 11 is 6.78. The molecule has 0 aromatic heterocycles. The average molecular weight is 384 g/mol. The summed E-state index contributed by atoms with van der Waals surface area (Å²) in [6.45, 7) is 9.88. The largest absolute Gasteiger partial charge is 0.648 e. The first-order valence-corrected chi connectivity index (χ1v) is 9.55. The molecule has 4 nitrogen and oxygen atoms in total. The second-order valence-electron chi connectivity index (χ2n) is 8.59. The van der Waals surface area contributed by atoms with Crippen molar-refractivity contribution in [3.05, 3.63) is 58.4 Å². The maximum absolute atomic E-state index is 14.0. The van der Waals surface area contributed by atoms with E-state index >= 15 is 0 Å². The lowest BCUT2D eigenvalue weighted by Gasteiger charge is -2.59. The third kappa shape index (κ3) is 1.79. The Labute approximate surface area is 165 Å². The van der Waals surface area contributed by atoms with Crippen LogP contribution in [0.5, 0.6) is 0 Å². The van der Waals surface area contributed by atoms with Crippen molar-refractivity contribution in [2.75, 3.05) is 19.0 Å². The van der Waals surface area contributed by atoms with Crippen molar-refractivity contribution in [3.8, 4) is 0 Å². The summed E-state index contributed by atoms with van der Waals surface area (Å²) in [5, 5.41) is 5.25. The van der Waals surface area contributed by atoms with E-state index in [1.54, 1.807) is 25.1 Å². The second kappa shape index (κ2) is 5.33. The molecule has 1 aliphatic heterocycles. The van der Waals surface area contributed by atoms with Gasteiger partial charge in [-0.05, 0) is 28.1 Å². The van der Waals surface area contributed by atoms with E-state index in [2.05, 4.69) is 6.58 Å². The van der Waals surface area contributed by atoms with Gasteiger partial charge in [0, 0.05) is 29.1 Å². The Bertz CT molecular complexity index is 934. The van der Waals surface area contributed by atoms with E-state index in [0.717, 1.165) is 16.8 Å². The highest BCUT2D eigenvalue weighted by Gasteiger charge is 2.62. The highest BCUT2D eigenvalue weighted by molar-refractivity contribution is 6.32. The summed E-state index contributed by atoms with van der Waals surface area (Å²) in [4.78, 5) is 28.9. The molecule has 0 saturated heterocycles. The number of halogens is 1. The number of carbonyl (C=O) groups is 2. The standard InChI is InChI=1S/C22H24ClN2O2/c1-7-21(4)15(23)11-13-18(26)22(21,24-5)12-9-8-10-14-16(12)17(20(13,2)3)19(27)25(14)6/h7-11,13,17H,1H2,2-6H3/q-1/t13-,17+,21+,22+/m0/s1. The molecule has 0 N–H and O–H groups in total. The molecule has 5 heteroatoms. The molecular weight excluding hydrogens is 360 g/mol. The lowest BCUT2D eigenvalue weighted by molar-refractivity contribution is -0.133. The normalized spacial score (nSPS) is 36.2. The van der Waals surface area contributed by atoms with Crippen LogP contribution in [0.3, 0.4) is 0 Å². The van der Waals surface area contributed by atoms with Crippen molar-refractivity contribution < 1.29 is 9.59 Å². The highest BCUT2D eigenvalue weighted by atomic mass is 35.5. The third-order valence-electron chi connectivity index (χ3n) is 7.19. The van der Waals surface area contributed by atoms with Gasteiger partial charge in [-0.25, -0.2) is 0 Å². The Morgan fingerprint density at radius 2 is 1.93 bits per heavy atom. The number of nitrogens with zero attached hydrogens (tertiary/aromatic N) is 2. The summed E-state index contributed by atoms with van der Waals surface area (Å²) in [5.74, 6) is -0.930. The van der Waals surface area contributed by atoms with Crippen LogP contribution in [-0.4, -0.2) is 25.8 Å². The first kappa shape index (κ1) is 18.5. The topological polar surface area (TPSA) is 51.5 Å². The number of Topliss-reactive ketones (excluding diaryl/α,β-unsaturated/α-hetero) is 1. The molecule has 0 fully saturated rings. The Morgan fingerprint density at radius 1 is 1.26 bits per heavy atom. The number of hydrogen-bond donors (Lipinski definition) is 0. The number of likely N-dealkylation sites (N-methyl/N-ethyl adjacent to an activating group) is 2. The molecule has 0 radical (unpaired) electrons. The van der Waals surface area contributed by atoms with Gasteiger partial charge in [0.1, 0.15) is 5.78 Å². The maximum Gasteiger partial charge on any atom is 0.234 e. The Hall–Kier alpha value is -1.91. The van der Waals surface area contributed by atoms with Crippen LogP contribution in [-0.2, 0) is 15.1 Å². The van der Waals surface area contributed by atoms with Crippen LogP contribution in [0.1, 0.15) is 37.8 Å². The number of carbonyl (C=O) groups excluding carboxylic acids is 2. The van der Waals surface area contributed by atoms with Crippen molar-refractivity contribution in [3.63, 3.8) is 0 Å². The molecule has 0 unspecified atom stereocenters. The maximum atomic E-state index is 14.0. The van der Waals surface area contributed by atoms with Crippen LogP contribution in [0.15, 0.2) is 42.0 Å². The van der Waals surface area contributed by atoms with Gasteiger partial charge in [-0.2, -0.15) is 7.05 Å². The van der Waals surface area contributed by atoms with Crippen LogP contribution in [0, 0.1) is 16.7 Å². The number of fused-ring (bicyclic) bond motifs is 3. The third-order valence-corrected chi connectivity index (χ3v) is 7.71. The van der Waals surface area contributed by atoms with Crippen LogP contribution in [0.4, 0.5) is 5.69 Å². The Morgan fingerprint density at radius 3 is 2.52 bits per heavy atom. The Kier molecular flexibility index (Phi) is 3.64. The van der Waals surface area contributed by atoms with Gasteiger partial charge in [0.15, 0.2) is 0 Å². The van der Waals surface area contributed by atoms with Gasteiger partial charge >= 0.3 is 0 Å². The van der Waals surface area contributed by atoms with E-state index in [0.29, 0.717) is 5.03 Å². The van der Waals surface area contributed by atoms with Crippen LogP contribution in [0.2, 0.25) is 0 Å². The summed E-state index contributed by atoms with van der Waals surface area (Å²) in [7, 11) is 3.46. The molecule has 1 heterocycles. The zero-order valence-electron chi connectivity index (χ0n) is 16.3. The molecule has 27 heavy (non-hydrogen) atoms. The number of rotatable bonds is 2. The minimum atomic E-state index is -1.20. The van der Waals surface area contributed by atoms with Gasteiger partial charge in [-0.3, -0.25) is 9.59 Å². The van der Waals surface area contributed by atoms with Crippen molar-refractivity contribution in [1.29, 1.82) is 0 Å². The molecule has 4 rings (SSSR count). The number of benzene rings is 1. The lowest BCUT2D eigenvalue weighted by Crippen LogP contribution is -2.55. The summed E-state index contributed by atoms with van der Waals surface area (Å²) in [6, 6.07) is 5.76. The number of allylic oxidation sites excluding steroid dienone is 1. The lowest BCUT2D eigenvalue weighted by atomic mass is 9.57. The van der Waals surface area contributed by atoms with Gasteiger partial charge in [0.2, 0.25) is 5.91 Å². The molecular formula is C22H24ClN2O2-. The van der Waals surface area contributed by atoms with Gasteiger partial charge in [-0.1, -0.05) is 56.7 Å². The molecule has 0 saturated carbocycles. The van der Waals surface area contributed by atoms with Crippen LogP contribution >= 0.6 is 11.6 Å². The fraction of sp³-hybridized carbons (Fsp3) is 0.455. The highest BCUT2D eigenvalue weighted by Crippen LogP contribution is 2.66. The zero-order valence-corrected chi connectivity index (χ0v) is 17.1. The van der Waals surface area contributed by atoms with E-state index in [1.165, 1.54) is 0 Å². The van der Waals surface area contributed by atoms with E-state index < -0.39 is 28.2 Å². The smallest absolute Gasteiger partial charge is 0.234 e. The zero-order chi connectivity index (χ0) is 19.9. The van der Waals surface area contributed by atoms with Gasteiger partial charge in [-0.15, -0.1) is 6.58 Å². The van der Waals surface area contributed by atoms with Crippen LogP contribution < -0.4 is 4.90 Å². The molecule has 3 aliphatic rings. The summed E-state index contributed by atoms with van der Waals surface area (Å²) in [6.07, 6.45) is 3.55. The number of amides is 1. The average Bonchev–Trinajstić information content (AvgIpc) is 2.88. The SMILES string of the molecule is C=C[C@]1(C)C(Cl)=C[C@H]2C(=O)[C@]1([N-]C)c1cccc3c1[C@H](C(=O)N3C)C2(C)C. The van der Waals surface area contributed by atoms with Crippen LogP contribution in [0.25, 0.3) is 5.32 Å². The number of anilines is 1. The number of hydrogen-bond acceptors (Lipinski definition) is 2. The molecule has 2 bridgehead atoms. The molecule has 1 amide bonds. The van der Waals surface area contributed by atoms with Crippen molar-refractivity contribution in [2.24, 2.45) is 16.7 Å². The van der Waals surface area contributed by atoms with Gasteiger partial charge in [0.05, 0.1) is 5.92 Å². The van der Waals surface area contributed by atoms with Gasteiger partial charge < -0.3 is 10.2 Å². The van der Waals surface area contributed by atoms with E-state index in [4.69, 9.17) is 16.9 Å². The molecule has 2 aliphatic carbocycles. The van der Waals surface area contributed by atoms with E-state index in [9.17, 15) is 9.59 Å². The minimum Gasteiger partial charge on any atom is -0.648 e. The summed E-state index contributed by atoms with van der Waals surface area (Å²) < 4.78 is 0. The number of ketones is 1.